The first kappa shape index (κ1) is 18.9. The van der Waals surface area contributed by atoms with E-state index in [2.05, 4.69) is 10.6 Å². The third-order valence-corrected chi connectivity index (χ3v) is 5.30. The average molecular weight is 389 g/mol. The molecule has 0 aliphatic carbocycles. The molecule has 6 heteroatoms. The van der Waals surface area contributed by atoms with Crippen LogP contribution in [0.25, 0.3) is 0 Å². The molecule has 1 fully saturated rings. The van der Waals surface area contributed by atoms with Crippen molar-refractivity contribution in [2.75, 3.05) is 28.6 Å². The number of carbonyl (C=O) groups is 1. The van der Waals surface area contributed by atoms with Gasteiger partial charge in [0.15, 0.2) is 0 Å². The van der Waals surface area contributed by atoms with Gasteiger partial charge in [0, 0.05) is 30.9 Å². The van der Waals surface area contributed by atoms with E-state index in [-0.39, 0.29) is 5.91 Å². The zero-order valence-corrected chi connectivity index (χ0v) is 16.3. The van der Waals surface area contributed by atoms with Crippen molar-refractivity contribution in [3.8, 4) is 0 Å². The lowest BCUT2D eigenvalue weighted by Crippen LogP contribution is -2.41. The summed E-state index contributed by atoms with van der Waals surface area (Å²) in [5.41, 5.74) is 3.48. The van der Waals surface area contributed by atoms with E-state index in [0.717, 1.165) is 42.7 Å². The van der Waals surface area contributed by atoms with Gasteiger partial charge in [-0.15, -0.1) is 0 Å². The van der Waals surface area contributed by atoms with E-state index in [9.17, 15) is 14.4 Å². The summed E-state index contributed by atoms with van der Waals surface area (Å²) < 4.78 is 0. The maximum absolute atomic E-state index is 12.4. The number of aryl methyl sites for hydroxylation is 1. The Kier molecular flexibility index (Phi) is 5.16. The number of nitrogens with one attached hydrogen (secondary N) is 2. The molecule has 2 N–H and O–H groups in total. The summed E-state index contributed by atoms with van der Waals surface area (Å²) in [5.74, 6) is -0.174. The number of rotatable bonds is 6. The Hall–Kier alpha value is -3.41. The van der Waals surface area contributed by atoms with Crippen molar-refractivity contribution >= 4 is 23.0 Å². The number of hydrogen-bond donors (Lipinski definition) is 2. The Morgan fingerprint density at radius 1 is 0.931 bits per heavy atom. The van der Waals surface area contributed by atoms with Gasteiger partial charge in [-0.2, -0.15) is 0 Å². The third kappa shape index (κ3) is 3.92. The van der Waals surface area contributed by atoms with Crippen molar-refractivity contribution in [3.63, 3.8) is 0 Å². The molecule has 0 unspecified atom stereocenters. The Morgan fingerprint density at radius 3 is 2.24 bits per heavy atom. The van der Waals surface area contributed by atoms with Crippen LogP contribution < -0.4 is 26.4 Å². The fourth-order valence-corrected chi connectivity index (χ4v) is 3.59. The van der Waals surface area contributed by atoms with Crippen LogP contribution in [-0.4, -0.2) is 19.0 Å². The zero-order chi connectivity index (χ0) is 20.4. The van der Waals surface area contributed by atoms with E-state index in [0.29, 0.717) is 23.5 Å². The number of amides is 1. The second-order valence-corrected chi connectivity index (χ2v) is 7.45. The molecule has 1 heterocycles. The van der Waals surface area contributed by atoms with Gasteiger partial charge >= 0.3 is 0 Å². The van der Waals surface area contributed by atoms with Gasteiger partial charge in [0.2, 0.25) is 0 Å². The highest BCUT2D eigenvalue weighted by molar-refractivity contribution is 6.04. The van der Waals surface area contributed by atoms with Crippen molar-refractivity contribution < 1.29 is 4.79 Å². The highest BCUT2D eigenvalue weighted by Crippen LogP contribution is 2.24. The molecule has 3 aromatic rings. The van der Waals surface area contributed by atoms with Crippen molar-refractivity contribution in [1.29, 1.82) is 0 Å². The molecule has 1 saturated heterocycles. The normalized spacial score (nSPS) is 13.6. The highest BCUT2D eigenvalue weighted by Gasteiger charge is 2.27. The number of benzene rings is 2. The summed E-state index contributed by atoms with van der Waals surface area (Å²) >= 11 is 0. The summed E-state index contributed by atoms with van der Waals surface area (Å²) in [4.78, 5) is 38.2. The predicted octanol–water partition coefficient (Wildman–Crippen LogP) is 3.06. The Labute approximate surface area is 168 Å². The SMILES string of the molecule is Cc1ccc(NC(=O)c2ccc(CNc3c(N4CCCC4)c(=O)c3=O)cc2)cc1. The topological polar surface area (TPSA) is 78.5 Å². The molecule has 1 amide bonds. The fourth-order valence-electron chi connectivity index (χ4n) is 3.59. The van der Waals surface area contributed by atoms with Gasteiger partial charge in [-0.1, -0.05) is 29.8 Å². The molecule has 0 bridgehead atoms. The number of carbonyl (C=O) groups excluding carboxylic acids is 1. The fraction of sp³-hybridized carbons (Fsp3) is 0.261. The second kappa shape index (κ2) is 7.91. The van der Waals surface area contributed by atoms with E-state index in [1.165, 1.54) is 0 Å². The largest absolute Gasteiger partial charge is 0.376 e. The first-order chi connectivity index (χ1) is 14.0. The van der Waals surface area contributed by atoms with E-state index < -0.39 is 10.9 Å². The molecule has 148 valence electrons. The number of anilines is 3. The van der Waals surface area contributed by atoms with Crippen LogP contribution in [0.5, 0.6) is 0 Å². The molecule has 0 radical (unpaired) electrons. The van der Waals surface area contributed by atoms with Crippen molar-refractivity contribution in [3.05, 3.63) is 85.7 Å². The zero-order valence-electron chi connectivity index (χ0n) is 16.3. The number of nitrogens with zero attached hydrogens (tertiary/aromatic N) is 1. The molecule has 3 aromatic carbocycles. The predicted molar refractivity (Wildman–Crippen MR) is 116 cm³/mol. The number of hydrogen-bond acceptors (Lipinski definition) is 5. The van der Waals surface area contributed by atoms with E-state index >= 15 is 0 Å². The molecule has 0 spiro atoms. The van der Waals surface area contributed by atoms with Gasteiger partial charge in [-0.05, 0) is 49.6 Å². The van der Waals surface area contributed by atoms with Crippen molar-refractivity contribution in [1.82, 2.24) is 0 Å². The second-order valence-electron chi connectivity index (χ2n) is 7.45. The van der Waals surface area contributed by atoms with Crippen LogP contribution in [0.15, 0.2) is 58.1 Å². The van der Waals surface area contributed by atoms with E-state index in [1.54, 1.807) is 12.1 Å². The van der Waals surface area contributed by atoms with Gasteiger partial charge in [-0.3, -0.25) is 14.4 Å². The smallest absolute Gasteiger partial charge is 0.255 e. The van der Waals surface area contributed by atoms with E-state index in [4.69, 9.17) is 0 Å². The van der Waals surface area contributed by atoms with Crippen LogP contribution in [0.2, 0.25) is 0 Å². The van der Waals surface area contributed by atoms with Crippen LogP contribution in [0.4, 0.5) is 17.1 Å². The maximum Gasteiger partial charge on any atom is 0.255 e. The van der Waals surface area contributed by atoms with Crippen LogP contribution in [-0.2, 0) is 6.54 Å². The molecule has 1 aliphatic heterocycles. The van der Waals surface area contributed by atoms with Gasteiger partial charge in [-0.25, -0.2) is 0 Å². The Morgan fingerprint density at radius 2 is 1.59 bits per heavy atom. The lowest BCUT2D eigenvalue weighted by atomic mass is 10.1. The summed E-state index contributed by atoms with van der Waals surface area (Å²) in [7, 11) is 0. The summed E-state index contributed by atoms with van der Waals surface area (Å²) in [6.45, 7) is 4.07. The molecule has 0 atom stereocenters. The standard InChI is InChI=1S/C23H23N3O3/c1-15-4-10-18(11-5-15)25-23(29)17-8-6-16(7-9-17)14-24-19-20(22(28)21(19)27)26-12-2-3-13-26/h4-11,24H,2-3,12-14H2,1H3,(H,25,29). The van der Waals surface area contributed by atoms with E-state index in [1.807, 2.05) is 48.2 Å². The minimum atomic E-state index is -0.444. The summed E-state index contributed by atoms with van der Waals surface area (Å²) in [6.07, 6.45) is 2.09. The van der Waals surface area contributed by atoms with Gasteiger partial charge in [0.1, 0.15) is 11.4 Å². The lowest BCUT2D eigenvalue weighted by molar-refractivity contribution is 0.102. The molecule has 0 aromatic heterocycles. The molecule has 29 heavy (non-hydrogen) atoms. The van der Waals surface area contributed by atoms with Crippen molar-refractivity contribution in [2.24, 2.45) is 0 Å². The van der Waals surface area contributed by atoms with Crippen LogP contribution in [0.1, 0.15) is 34.3 Å². The Bertz CT molecular complexity index is 1090. The lowest BCUT2D eigenvalue weighted by Gasteiger charge is -2.22. The minimum absolute atomic E-state index is 0.174. The van der Waals surface area contributed by atoms with Crippen LogP contribution in [0, 0.1) is 6.92 Å². The molecule has 0 saturated carbocycles. The third-order valence-electron chi connectivity index (χ3n) is 5.30. The Balaban J connectivity index is 1.38. The minimum Gasteiger partial charge on any atom is -0.376 e. The first-order valence-electron chi connectivity index (χ1n) is 9.82. The maximum atomic E-state index is 12.4. The van der Waals surface area contributed by atoms with Gasteiger partial charge in [0.25, 0.3) is 16.8 Å². The van der Waals surface area contributed by atoms with Crippen LogP contribution >= 0.6 is 0 Å². The van der Waals surface area contributed by atoms with Gasteiger partial charge < -0.3 is 15.5 Å². The summed E-state index contributed by atoms with van der Waals surface area (Å²) in [6, 6.07) is 14.8. The van der Waals surface area contributed by atoms with Crippen LogP contribution in [0.3, 0.4) is 0 Å². The quantitative estimate of drug-likeness (QED) is 0.634. The van der Waals surface area contributed by atoms with Crippen molar-refractivity contribution in [2.45, 2.75) is 26.3 Å². The first-order valence-corrected chi connectivity index (χ1v) is 9.82. The molecular formula is C23H23N3O3. The summed E-state index contributed by atoms with van der Waals surface area (Å²) in [5, 5.41) is 5.97. The average Bonchev–Trinajstić information content (AvgIpc) is 3.26. The molecular weight excluding hydrogens is 366 g/mol. The molecule has 1 aliphatic rings. The molecule has 4 rings (SSSR count). The highest BCUT2D eigenvalue weighted by atomic mass is 16.2. The van der Waals surface area contributed by atoms with Gasteiger partial charge in [0.05, 0.1) is 0 Å². The monoisotopic (exact) mass is 389 g/mol. The molecule has 6 nitrogen and oxygen atoms in total.